The van der Waals surface area contributed by atoms with Crippen LogP contribution in [0.1, 0.15) is 10.4 Å². The molecule has 104 valence electrons. The van der Waals surface area contributed by atoms with Gasteiger partial charge in [-0.3, -0.25) is 4.79 Å². The van der Waals surface area contributed by atoms with Gasteiger partial charge in [0.2, 0.25) is 0 Å². The van der Waals surface area contributed by atoms with Crippen molar-refractivity contribution < 1.29 is 19.0 Å². The number of rotatable bonds is 3. The molecule has 0 aliphatic carbocycles. The summed E-state index contributed by atoms with van der Waals surface area (Å²) >= 11 is 0. The molecule has 4 nitrogen and oxygen atoms in total. The first-order chi connectivity index (χ1) is 9.52. The van der Waals surface area contributed by atoms with Gasteiger partial charge in [-0.05, 0) is 36.4 Å². The van der Waals surface area contributed by atoms with Crippen molar-refractivity contribution in [3.8, 4) is 11.5 Å². The predicted molar refractivity (Wildman–Crippen MR) is 73.8 cm³/mol. The third kappa shape index (κ3) is 2.71. The molecular weight excluding hydrogens is 261 g/mol. The van der Waals surface area contributed by atoms with E-state index in [1.165, 1.54) is 11.0 Å². The first-order valence-corrected chi connectivity index (χ1v) is 5.93. The van der Waals surface area contributed by atoms with Crippen LogP contribution in [-0.2, 0) is 0 Å². The molecule has 0 unspecified atom stereocenters. The van der Waals surface area contributed by atoms with Crippen molar-refractivity contribution in [3.63, 3.8) is 0 Å². The van der Waals surface area contributed by atoms with E-state index in [1.807, 2.05) is 0 Å². The smallest absolute Gasteiger partial charge is 0.261 e. The minimum absolute atomic E-state index is 0.0460. The highest BCUT2D eigenvalue weighted by Gasteiger charge is 2.17. The van der Waals surface area contributed by atoms with E-state index in [-0.39, 0.29) is 11.3 Å². The van der Waals surface area contributed by atoms with Gasteiger partial charge in [0, 0.05) is 18.8 Å². The van der Waals surface area contributed by atoms with E-state index >= 15 is 0 Å². The van der Waals surface area contributed by atoms with Crippen LogP contribution in [0.25, 0.3) is 0 Å². The van der Waals surface area contributed by atoms with Crippen LogP contribution in [0.4, 0.5) is 10.1 Å². The van der Waals surface area contributed by atoms with Crippen LogP contribution >= 0.6 is 0 Å². The van der Waals surface area contributed by atoms with E-state index in [4.69, 9.17) is 4.74 Å². The highest BCUT2D eigenvalue weighted by Crippen LogP contribution is 2.24. The number of amides is 1. The molecule has 2 aromatic rings. The number of anilines is 1. The SMILES string of the molecule is COc1ccc(N(C)C(=O)c2ccc(F)cc2O)cc1. The van der Waals surface area contributed by atoms with Crippen molar-refractivity contribution in [2.24, 2.45) is 0 Å². The molecule has 0 heterocycles. The number of carbonyl (C=O) groups excluding carboxylic acids is 1. The van der Waals surface area contributed by atoms with Crippen LogP contribution in [0.15, 0.2) is 42.5 Å². The number of phenolic OH excluding ortho intramolecular Hbond substituents is 1. The Labute approximate surface area is 116 Å². The highest BCUT2D eigenvalue weighted by molar-refractivity contribution is 6.07. The number of methoxy groups -OCH3 is 1. The number of ether oxygens (including phenoxy) is 1. The first-order valence-electron chi connectivity index (χ1n) is 5.93. The summed E-state index contributed by atoms with van der Waals surface area (Å²) < 4.78 is 18.0. The average molecular weight is 275 g/mol. The highest BCUT2D eigenvalue weighted by atomic mass is 19.1. The van der Waals surface area contributed by atoms with E-state index in [0.29, 0.717) is 11.4 Å². The molecule has 0 bridgehead atoms. The Morgan fingerprint density at radius 1 is 1.20 bits per heavy atom. The normalized spacial score (nSPS) is 10.2. The molecule has 1 N–H and O–H groups in total. The Balaban J connectivity index is 2.27. The lowest BCUT2D eigenvalue weighted by Crippen LogP contribution is -2.26. The molecule has 0 saturated carbocycles. The van der Waals surface area contributed by atoms with Crippen LogP contribution in [-0.4, -0.2) is 25.2 Å². The van der Waals surface area contributed by atoms with Crippen molar-refractivity contribution in [2.75, 3.05) is 19.1 Å². The van der Waals surface area contributed by atoms with Gasteiger partial charge in [-0.1, -0.05) is 0 Å². The molecule has 0 radical (unpaired) electrons. The van der Waals surface area contributed by atoms with Crippen LogP contribution in [0.3, 0.4) is 0 Å². The van der Waals surface area contributed by atoms with E-state index in [0.717, 1.165) is 12.1 Å². The molecule has 0 fully saturated rings. The minimum Gasteiger partial charge on any atom is -0.507 e. The molecule has 0 spiro atoms. The lowest BCUT2D eigenvalue weighted by Gasteiger charge is -2.18. The average Bonchev–Trinajstić information content (AvgIpc) is 2.46. The molecule has 0 aromatic heterocycles. The molecule has 2 rings (SSSR count). The summed E-state index contributed by atoms with van der Waals surface area (Å²) in [5.74, 6) is -0.714. The molecule has 5 heteroatoms. The Hall–Kier alpha value is -2.56. The maximum absolute atomic E-state index is 12.9. The second-order valence-corrected chi connectivity index (χ2v) is 4.22. The van der Waals surface area contributed by atoms with Gasteiger partial charge in [0.15, 0.2) is 0 Å². The monoisotopic (exact) mass is 275 g/mol. The van der Waals surface area contributed by atoms with Crippen molar-refractivity contribution in [2.45, 2.75) is 0 Å². The molecule has 0 aliphatic heterocycles. The van der Waals surface area contributed by atoms with Gasteiger partial charge < -0.3 is 14.7 Å². The van der Waals surface area contributed by atoms with Gasteiger partial charge in [-0.15, -0.1) is 0 Å². The molecule has 20 heavy (non-hydrogen) atoms. The van der Waals surface area contributed by atoms with Crippen molar-refractivity contribution in [1.29, 1.82) is 0 Å². The maximum atomic E-state index is 12.9. The van der Waals surface area contributed by atoms with Crippen molar-refractivity contribution in [1.82, 2.24) is 0 Å². The fourth-order valence-electron chi connectivity index (χ4n) is 1.79. The second-order valence-electron chi connectivity index (χ2n) is 4.22. The number of aromatic hydroxyl groups is 1. The third-order valence-electron chi connectivity index (χ3n) is 2.95. The largest absolute Gasteiger partial charge is 0.507 e. The number of hydrogen-bond donors (Lipinski definition) is 1. The number of halogens is 1. The number of nitrogens with zero attached hydrogens (tertiary/aromatic N) is 1. The van der Waals surface area contributed by atoms with Gasteiger partial charge in [0.05, 0.1) is 12.7 Å². The van der Waals surface area contributed by atoms with Crippen LogP contribution in [0.2, 0.25) is 0 Å². The molecule has 1 amide bonds. The van der Waals surface area contributed by atoms with Gasteiger partial charge in [0.1, 0.15) is 17.3 Å². The lowest BCUT2D eigenvalue weighted by molar-refractivity contribution is 0.0990. The van der Waals surface area contributed by atoms with Crippen LogP contribution in [0.5, 0.6) is 11.5 Å². The zero-order chi connectivity index (χ0) is 14.7. The summed E-state index contributed by atoms with van der Waals surface area (Å²) in [7, 11) is 3.13. The standard InChI is InChI=1S/C15H14FNO3/c1-17(11-4-6-12(20-2)7-5-11)15(19)13-8-3-10(16)9-14(13)18/h3-9,18H,1-2H3. The van der Waals surface area contributed by atoms with Crippen LogP contribution < -0.4 is 9.64 Å². The first kappa shape index (κ1) is 13.9. The van der Waals surface area contributed by atoms with Gasteiger partial charge in [-0.25, -0.2) is 4.39 Å². The molecule has 0 aliphatic rings. The summed E-state index contributed by atoms with van der Waals surface area (Å²) in [6, 6.07) is 10.2. The summed E-state index contributed by atoms with van der Waals surface area (Å²) in [5.41, 5.74) is 0.684. The summed E-state index contributed by atoms with van der Waals surface area (Å²) in [4.78, 5) is 13.6. The van der Waals surface area contributed by atoms with Gasteiger partial charge in [0.25, 0.3) is 5.91 Å². The second kappa shape index (κ2) is 5.61. The Bertz CT molecular complexity index is 626. The van der Waals surface area contributed by atoms with Crippen molar-refractivity contribution in [3.05, 3.63) is 53.8 Å². The predicted octanol–water partition coefficient (Wildman–Crippen LogP) is 2.82. The fourth-order valence-corrected chi connectivity index (χ4v) is 1.79. The molecule has 0 atom stereocenters. The van der Waals surface area contributed by atoms with E-state index in [1.54, 1.807) is 38.4 Å². The third-order valence-corrected chi connectivity index (χ3v) is 2.95. The molecule has 2 aromatic carbocycles. The Kier molecular flexibility index (Phi) is 3.89. The lowest BCUT2D eigenvalue weighted by atomic mass is 10.1. The molecule has 0 saturated heterocycles. The van der Waals surface area contributed by atoms with E-state index in [9.17, 15) is 14.3 Å². The maximum Gasteiger partial charge on any atom is 0.261 e. The molecular formula is C15H14FNO3. The van der Waals surface area contributed by atoms with Gasteiger partial charge >= 0.3 is 0 Å². The summed E-state index contributed by atoms with van der Waals surface area (Å²) in [6.45, 7) is 0. The fraction of sp³-hybridized carbons (Fsp3) is 0.133. The quantitative estimate of drug-likeness (QED) is 0.937. The number of benzene rings is 2. The number of carbonyl (C=O) groups is 1. The van der Waals surface area contributed by atoms with E-state index in [2.05, 4.69) is 0 Å². The van der Waals surface area contributed by atoms with Crippen LogP contribution in [0, 0.1) is 5.82 Å². The van der Waals surface area contributed by atoms with Gasteiger partial charge in [-0.2, -0.15) is 0 Å². The number of phenols is 1. The summed E-state index contributed by atoms with van der Waals surface area (Å²) in [6.07, 6.45) is 0. The summed E-state index contributed by atoms with van der Waals surface area (Å²) in [5, 5.41) is 9.63. The zero-order valence-corrected chi connectivity index (χ0v) is 11.1. The minimum atomic E-state index is -0.592. The van der Waals surface area contributed by atoms with Crippen molar-refractivity contribution >= 4 is 11.6 Å². The van der Waals surface area contributed by atoms with E-state index < -0.39 is 11.7 Å². The Morgan fingerprint density at radius 3 is 2.40 bits per heavy atom. The zero-order valence-electron chi connectivity index (χ0n) is 11.1. The Morgan fingerprint density at radius 2 is 1.85 bits per heavy atom. The number of hydrogen-bond acceptors (Lipinski definition) is 3. The topological polar surface area (TPSA) is 49.8 Å².